The molecule has 2 aromatic carbocycles. The summed E-state index contributed by atoms with van der Waals surface area (Å²) >= 11 is 5.97. The molecule has 148 valence electrons. The average molecular weight is 511 g/mol. The highest BCUT2D eigenvalue weighted by Crippen LogP contribution is 2.17. The van der Waals surface area contributed by atoms with Crippen LogP contribution >= 0.6 is 35.6 Å². The van der Waals surface area contributed by atoms with Gasteiger partial charge in [0.25, 0.3) is 0 Å². The number of H-pyrrole nitrogens is 1. The van der Waals surface area contributed by atoms with Crippen LogP contribution in [0.2, 0.25) is 5.02 Å². The number of hydrogen-bond acceptors (Lipinski definition) is 3. The zero-order chi connectivity index (χ0) is 19.1. The van der Waals surface area contributed by atoms with E-state index >= 15 is 0 Å². The number of nitrogens with zero attached hydrogens (tertiary/aromatic N) is 3. The van der Waals surface area contributed by atoms with Gasteiger partial charge in [0.2, 0.25) is 0 Å². The van der Waals surface area contributed by atoms with E-state index in [1.807, 2.05) is 36.4 Å². The molecule has 0 aliphatic heterocycles. The van der Waals surface area contributed by atoms with Gasteiger partial charge in [-0.05, 0) is 43.2 Å². The van der Waals surface area contributed by atoms with Crippen LogP contribution in [-0.2, 0) is 6.54 Å². The summed E-state index contributed by atoms with van der Waals surface area (Å²) in [6.07, 6.45) is 1.51. The molecule has 0 aliphatic rings. The Morgan fingerprint density at radius 2 is 2.00 bits per heavy atom. The van der Waals surface area contributed by atoms with Crippen LogP contribution in [0.1, 0.15) is 31.0 Å². The summed E-state index contributed by atoms with van der Waals surface area (Å²) < 4.78 is 0. The van der Waals surface area contributed by atoms with Crippen molar-refractivity contribution in [3.63, 3.8) is 0 Å². The Kier molecular flexibility index (Phi) is 8.72. The van der Waals surface area contributed by atoms with Crippen molar-refractivity contribution in [2.24, 2.45) is 4.99 Å². The molecular formula is C20H24ClIN6. The van der Waals surface area contributed by atoms with Gasteiger partial charge in [-0.15, -0.1) is 24.0 Å². The number of hydrogen-bond donors (Lipinski definition) is 3. The monoisotopic (exact) mass is 510 g/mol. The maximum absolute atomic E-state index is 5.97. The molecule has 0 saturated heterocycles. The second kappa shape index (κ2) is 11.0. The molecule has 28 heavy (non-hydrogen) atoms. The summed E-state index contributed by atoms with van der Waals surface area (Å²) in [6, 6.07) is 16.1. The van der Waals surface area contributed by atoms with Gasteiger partial charge in [-0.1, -0.05) is 41.9 Å². The molecule has 0 aliphatic carbocycles. The molecule has 0 bridgehead atoms. The first-order chi connectivity index (χ1) is 13.2. The molecule has 1 heterocycles. The highest BCUT2D eigenvalue weighted by molar-refractivity contribution is 14.0. The van der Waals surface area contributed by atoms with Crippen molar-refractivity contribution in [1.29, 1.82) is 0 Å². The normalized spacial score (nSPS) is 12.2. The first-order valence-electron chi connectivity index (χ1n) is 8.90. The van der Waals surface area contributed by atoms with Crippen molar-refractivity contribution in [3.05, 3.63) is 71.0 Å². The third kappa shape index (κ3) is 6.20. The molecule has 6 nitrogen and oxygen atoms in total. The maximum Gasteiger partial charge on any atom is 0.192 e. The van der Waals surface area contributed by atoms with Crippen molar-refractivity contribution in [2.45, 2.75) is 26.4 Å². The fraction of sp³-hybridized carbons (Fsp3) is 0.250. The Bertz CT molecular complexity index is 880. The van der Waals surface area contributed by atoms with Gasteiger partial charge in [0.05, 0.1) is 12.6 Å². The average Bonchev–Trinajstić information content (AvgIpc) is 3.22. The first kappa shape index (κ1) is 22.2. The van der Waals surface area contributed by atoms with Gasteiger partial charge >= 0.3 is 0 Å². The minimum Gasteiger partial charge on any atom is -0.357 e. The van der Waals surface area contributed by atoms with E-state index in [-0.39, 0.29) is 30.0 Å². The molecule has 1 atom stereocenters. The van der Waals surface area contributed by atoms with Crippen LogP contribution in [0.25, 0.3) is 11.4 Å². The van der Waals surface area contributed by atoms with E-state index < -0.39 is 0 Å². The summed E-state index contributed by atoms with van der Waals surface area (Å²) in [7, 11) is 0. The minimum atomic E-state index is 0. The number of aromatic nitrogens is 3. The molecule has 1 unspecified atom stereocenters. The van der Waals surface area contributed by atoms with Crippen molar-refractivity contribution in [1.82, 2.24) is 25.8 Å². The lowest BCUT2D eigenvalue weighted by Crippen LogP contribution is -2.38. The van der Waals surface area contributed by atoms with Gasteiger partial charge in [-0.25, -0.2) is 9.98 Å². The smallest absolute Gasteiger partial charge is 0.192 e. The van der Waals surface area contributed by atoms with Gasteiger partial charge < -0.3 is 10.6 Å². The van der Waals surface area contributed by atoms with E-state index in [2.05, 4.69) is 51.8 Å². The standard InChI is InChI=1S/C20H23ClN6.HI/c1-3-22-20(26-14(2)16-7-9-18(21)10-8-16)23-12-15-5-4-6-17(11-15)19-24-13-25-27-19;/h4-11,13-14H,3,12H2,1-2H3,(H2,22,23,26)(H,24,25,27);1H. The van der Waals surface area contributed by atoms with Crippen LogP contribution in [0.5, 0.6) is 0 Å². The van der Waals surface area contributed by atoms with Gasteiger partial charge in [-0.2, -0.15) is 5.10 Å². The van der Waals surface area contributed by atoms with Crippen molar-refractivity contribution >= 4 is 41.5 Å². The van der Waals surface area contributed by atoms with E-state index in [0.717, 1.165) is 40.0 Å². The van der Waals surface area contributed by atoms with Crippen LogP contribution in [0.4, 0.5) is 0 Å². The number of nitrogens with one attached hydrogen (secondary N) is 3. The second-order valence-electron chi connectivity index (χ2n) is 6.15. The molecule has 3 aromatic rings. The van der Waals surface area contributed by atoms with E-state index in [0.29, 0.717) is 6.54 Å². The Labute approximate surface area is 187 Å². The summed E-state index contributed by atoms with van der Waals surface area (Å²) in [5.41, 5.74) is 3.24. The number of guanidine groups is 1. The molecule has 0 fully saturated rings. The predicted octanol–water partition coefficient (Wildman–Crippen LogP) is 4.56. The van der Waals surface area contributed by atoms with E-state index in [1.165, 1.54) is 6.33 Å². The number of benzene rings is 2. The minimum absolute atomic E-state index is 0. The number of halogens is 2. The highest BCUT2D eigenvalue weighted by Gasteiger charge is 2.08. The van der Waals surface area contributed by atoms with Gasteiger partial charge in [-0.3, -0.25) is 5.10 Å². The fourth-order valence-corrected chi connectivity index (χ4v) is 2.82. The Morgan fingerprint density at radius 3 is 2.68 bits per heavy atom. The largest absolute Gasteiger partial charge is 0.357 e. The molecule has 1 aromatic heterocycles. The molecule has 0 saturated carbocycles. The third-order valence-electron chi connectivity index (χ3n) is 4.10. The van der Waals surface area contributed by atoms with Crippen molar-refractivity contribution < 1.29 is 0 Å². The zero-order valence-corrected chi connectivity index (χ0v) is 18.9. The van der Waals surface area contributed by atoms with E-state index in [4.69, 9.17) is 16.6 Å². The Morgan fingerprint density at radius 1 is 1.21 bits per heavy atom. The van der Waals surface area contributed by atoms with Crippen LogP contribution in [-0.4, -0.2) is 27.7 Å². The summed E-state index contributed by atoms with van der Waals surface area (Å²) in [6.45, 7) is 5.50. The first-order valence-corrected chi connectivity index (χ1v) is 9.28. The quantitative estimate of drug-likeness (QED) is 0.258. The van der Waals surface area contributed by atoms with Crippen LogP contribution in [0.3, 0.4) is 0 Å². The summed E-state index contributed by atoms with van der Waals surface area (Å²) in [5, 5.41) is 14.2. The van der Waals surface area contributed by atoms with Gasteiger partial charge in [0.1, 0.15) is 6.33 Å². The molecular weight excluding hydrogens is 487 g/mol. The highest BCUT2D eigenvalue weighted by atomic mass is 127. The number of rotatable bonds is 6. The predicted molar refractivity (Wildman–Crippen MR) is 125 cm³/mol. The molecule has 0 amide bonds. The Hall–Kier alpha value is -2.13. The number of aromatic amines is 1. The SMILES string of the molecule is CCNC(=NCc1cccc(-c2ncn[nH]2)c1)NC(C)c1ccc(Cl)cc1.I. The van der Waals surface area contributed by atoms with Crippen molar-refractivity contribution in [3.8, 4) is 11.4 Å². The lowest BCUT2D eigenvalue weighted by Gasteiger charge is -2.18. The molecule has 0 radical (unpaired) electrons. The maximum atomic E-state index is 5.97. The fourth-order valence-electron chi connectivity index (χ4n) is 2.69. The van der Waals surface area contributed by atoms with E-state index in [9.17, 15) is 0 Å². The summed E-state index contributed by atoms with van der Waals surface area (Å²) in [4.78, 5) is 8.91. The summed E-state index contributed by atoms with van der Waals surface area (Å²) in [5.74, 6) is 1.52. The third-order valence-corrected chi connectivity index (χ3v) is 4.35. The number of aliphatic imine (C=N–C) groups is 1. The van der Waals surface area contributed by atoms with Crippen LogP contribution in [0.15, 0.2) is 59.9 Å². The Balaban J connectivity index is 0.00000280. The van der Waals surface area contributed by atoms with Crippen LogP contribution in [0, 0.1) is 0 Å². The van der Waals surface area contributed by atoms with Crippen LogP contribution < -0.4 is 10.6 Å². The van der Waals surface area contributed by atoms with E-state index in [1.54, 1.807) is 0 Å². The molecule has 0 spiro atoms. The molecule has 3 rings (SSSR count). The second-order valence-corrected chi connectivity index (χ2v) is 6.58. The molecule has 3 N–H and O–H groups in total. The van der Waals surface area contributed by atoms with Gasteiger partial charge in [0.15, 0.2) is 11.8 Å². The van der Waals surface area contributed by atoms with Gasteiger partial charge in [0, 0.05) is 17.1 Å². The topological polar surface area (TPSA) is 78.0 Å². The lowest BCUT2D eigenvalue weighted by atomic mass is 10.1. The lowest BCUT2D eigenvalue weighted by molar-refractivity contribution is 0.686. The zero-order valence-electron chi connectivity index (χ0n) is 15.8. The van der Waals surface area contributed by atoms with Crippen molar-refractivity contribution in [2.75, 3.05) is 6.54 Å². The molecule has 8 heteroatoms.